The first kappa shape index (κ1) is 14.0. The van der Waals surface area contributed by atoms with Crippen LogP contribution in [0.2, 0.25) is 0 Å². The Morgan fingerprint density at radius 3 is 2.15 bits per heavy atom. The summed E-state index contributed by atoms with van der Waals surface area (Å²) in [6.07, 6.45) is 0. The maximum atomic E-state index is 14.3. The topological polar surface area (TPSA) is 27.7 Å². The molecular formula is C15H20BFO3. The lowest BCUT2D eigenvalue weighted by molar-refractivity contribution is 0.00578. The van der Waals surface area contributed by atoms with Gasteiger partial charge in [0, 0.05) is 11.4 Å². The van der Waals surface area contributed by atoms with Crippen LogP contribution >= 0.6 is 0 Å². The Morgan fingerprint density at radius 1 is 1.10 bits per heavy atom. The lowest BCUT2D eigenvalue weighted by Gasteiger charge is -2.32. The van der Waals surface area contributed by atoms with Crippen molar-refractivity contribution in [1.29, 1.82) is 0 Å². The lowest BCUT2D eigenvalue weighted by Crippen LogP contribution is -2.41. The van der Waals surface area contributed by atoms with Crippen molar-refractivity contribution in [1.82, 2.24) is 0 Å². The van der Waals surface area contributed by atoms with Gasteiger partial charge in [-0.05, 0) is 39.3 Å². The molecule has 0 saturated carbocycles. The summed E-state index contributed by atoms with van der Waals surface area (Å²) < 4.78 is 31.2. The van der Waals surface area contributed by atoms with Crippen molar-refractivity contribution in [3.8, 4) is 0 Å². The summed E-state index contributed by atoms with van der Waals surface area (Å²) in [5.74, 6) is 0.0461. The van der Waals surface area contributed by atoms with Gasteiger partial charge in [-0.15, -0.1) is 0 Å². The van der Waals surface area contributed by atoms with Crippen LogP contribution in [-0.4, -0.2) is 31.5 Å². The molecule has 0 aromatic heterocycles. The van der Waals surface area contributed by atoms with Crippen LogP contribution in [0.3, 0.4) is 0 Å². The minimum absolute atomic E-state index is 0.270. The first-order chi connectivity index (χ1) is 9.30. The normalized spacial score (nSPS) is 24.8. The summed E-state index contributed by atoms with van der Waals surface area (Å²) in [4.78, 5) is 0. The molecule has 108 valence electrons. The number of rotatable bonds is 2. The van der Waals surface area contributed by atoms with E-state index in [9.17, 15) is 4.39 Å². The molecule has 2 saturated heterocycles. The number of hydrogen-bond donors (Lipinski definition) is 0. The van der Waals surface area contributed by atoms with Crippen LogP contribution in [0.4, 0.5) is 4.39 Å². The largest absolute Gasteiger partial charge is 0.497 e. The average molecular weight is 278 g/mol. The Bertz CT molecular complexity index is 510. The predicted molar refractivity (Wildman–Crippen MR) is 75.7 cm³/mol. The number of halogens is 1. The fourth-order valence-corrected chi connectivity index (χ4v) is 2.39. The number of hydrogen-bond acceptors (Lipinski definition) is 3. The molecule has 0 aliphatic carbocycles. The minimum atomic E-state index is -0.647. The molecule has 0 bridgehead atoms. The van der Waals surface area contributed by atoms with Crippen molar-refractivity contribution in [2.24, 2.45) is 0 Å². The molecule has 3 rings (SSSR count). The van der Waals surface area contributed by atoms with E-state index < -0.39 is 18.3 Å². The number of ether oxygens (including phenoxy) is 1. The summed E-state index contributed by atoms with van der Waals surface area (Å²) >= 11 is 0. The van der Waals surface area contributed by atoms with E-state index in [2.05, 4.69) is 0 Å². The van der Waals surface area contributed by atoms with Gasteiger partial charge in [-0.2, -0.15) is 0 Å². The van der Waals surface area contributed by atoms with Crippen LogP contribution in [0.25, 0.3) is 0 Å². The van der Waals surface area contributed by atoms with Crippen LogP contribution in [0.5, 0.6) is 0 Å². The van der Waals surface area contributed by atoms with Crippen LogP contribution < -0.4 is 5.46 Å². The smallest absolute Gasteiger partial charge is 0.399 e. The van der Waals surface area contributed by atoms with Gasteiger partial charge in [0.1, 0.15) is 5.82 Å². The molecule has 0 unspecified atom stereocenters. The van der Waals surface area contributed by atoms with Crippen molar-refractivity contribution < 1.29 is 18.4 Å². The third-order valence-electron chi connectivity index (χ3n) is 4.64. The average Bonchev–Trinajstić information content (AvgIpc) is 2.45. The van der Waals surface area contributed by atoms with E-state index >= 15 is 0 Å². The van der Waals surface area contributed by atoms with E-state index in [0.717, 1.165) is 5.56 Å². The Kier molecular flexibility index (Phi) is 3.20. The van der Waals surface area contributed by atoms with Gasteiger partial charge in [0.15, 0.2) is 0 Å². The van der Waals surface area contributed by atoms with Gasteiger partial charge in [-0.3, -0.25) is 0 Å². The van der Waals surface area contributed by atoms with Crippen molar-refractivity contribution >= 4 is 12.6 Å². The lowest BCUT2D eigenvalue weighted by atomic mass is 9.77. The first-order valence-electron chi connectivity index (χ1n) is 7.03. The summed E-state index contributed by atoms with van der Waals surface area (Å²) in [5, 5.41) is 0. The van der Waals surface area contributed by atoms with Gasteiger partial charge in [0.25, 0.3) is 0 Å². The quantitative estimate of drug-likeness (QED) is 0.776. The molecule has 1 aromatic carbocycles. The number of benzene rings is 1. The highest BCUT2D eigenvalue weighted by Gasteiger charge is 2.52. The van der Waals surface area contributed by atoms with E-state index in [1.54, 1.807) is 12.1 Å². The van der Waals surface area contributed by atoms with Gasteiger partial charge < -0.3 is 14.0 Å². The zero-order valence-electron chi connectivity index (χ0n) is 12.4. The Labute approximate surface area is 119 Å². The minimum Gasteiger partial charge on any atom is -0.399 e. The zero-order valence-corrected chi connectivity index (χ0v) is 12.4. The van der Waals surface area contributed by atoms with Gasteiger partial charge in [0.05, 0.1) is 24.4 Å². The molecule has 5 heteroatoms. The monoisotopic (exact) mass is 278 g/mol. The molecule has 0 amide bonds. The summed E-state index contributed by atoms with van der Waals surface area (Å²) in [5.41, 5.74) is 0.538. The second-order valence-electron chi connectivity index (χ2n) is 6.60. The molecule has 20 heavy (non-hydrogen) atoms. The summed E-state index contributed by atoms with van der Waals surface area (Å²) in [6.45, 7) is 9.20. The molecule has 2 heterocycles. The molecule has 0 atom stereocenters. The molecule has 0 radical (unpaired) electrons. The van der Waals surface area contributed by atoms with Gasteiger partial charge >= 0.3 is 7.12 Å². The molecular weight excluding hydrogens is 258 g/mol. The van der Waals surface area contributed by atoms with E-state index in [4.69, 9.17) is 14.0 Å². The maximum Gasteiger partial charge on any atom is 0.497 e. The van der Waals surface area contributed by atoms with Gasteiger partial charge in [0.2, 0.25) is 0 Å². The van der Waals surface area contributed by atoms with E-state index in [0.29, 0.717) is 24.6 Å². The van der Waals surface area contributed by atoms with Crippen LogP contribution in [0, 0.1) is 5.82 Å². The highest BCUT2D eigenvalue weighted by atomic mass is 19.1. The summed E-state index contributed by atoms with van der Waals surface area (Å²) in [7, 11) is -0.647. The Hall–Kier alpha value is -0.905. The molecule has 2 aliphatic heterocycles. The standard InChI is InChI=1S/C15H20BFO3/c1-14(2)15(3,4)20-16(19-14)12-6-5-10(7-13(12)17)11-8-18-9-11/h5-7,11H,8-9H2,1-4H3. The molecule has 1 aromatic rings. The third-order valence-corrected chi connectivity index (χ3v) is 4.64. The molecule has 3 nitrogen and oxygen atoms in total. The first-order valence-corrected chi connectivity index (χ1v) is 7.03. The molecule has 0 N–H and O–H groups in total. The Balaban J connectivity index is 1.85. The second-order valence-corrected chi connectivity index (χ2v) is 6.60. The van der Waals surface area contributed by atoms with Crippen molar-refractivity contribution in [3.63, 3.8) is 0 Å². The van der Waals surface area contributed by atoms with Crippen LogP contribution in [0.1, 0.15) is 39.2 Å². The highest BCUT2D eigenvalue weighted by molar-refractivity contribution is 6.62. The van der Waals surface area contributed by atoms with Crippen molar-refractivity contribution in [2.45, 2.75) is 44.8 Å². The fraction of sp³-hybridized carbons (Fsp3) is 0.600. The van der Waals surface area contributed by atoms with E-state index in [1.807, 2.05) is 33.8 Å². The molecule has 0 spiro atoms. The maximum absolute atomic E-state index is 14.3. The molecule has 2 fully saturated rings. The van der Waals surface area contributed by atoms with Crippen molar-refractivity contribution in [3.05, 3.63) is 29.6 Å². The SMILES string of the molecule is CC1(C)OB(c2ccc(C3COC3)cc2F)OC1(C)C. The molecule has 2 aliphatic rings. The van der Waals surface area contributed by atoms with Crippen molar-refractivity contribution in [2.75, 3.05) is 13.2 Å². The third kappa shape index (κ3) is 2.18. The fourth-order valence-electron chi connectivity index (χ4n) is 2.39. The van der Waals surface area contributed by atoms with Crippen LogP contribution in [0.15, 0.2) is 18.2 Å². The second kappa shape index (κ2) is 4.55. The zero-order chi connectivity index (χ0) is 14.5. The summed E-state index contributed by atoms with van der Waals surface area (Å²) in [6, 6.07) is 5.29. The van der Waals surface area contributed by atoms with E-state index in [-0.39, 0.29) is 5.82 Å². The van der Waals surface area contributed by atoms with E-state index in [1.165, 1.54) is 0 Å². The van der Waals surface area contributed by atoms with Crippen LogP contribution in [-0.2, 0) is 14.0 Å². The Morgan fingerprint density at radius 2 is 1.70 bits per heavy atom. The predicted octanol–water partition coefficient (Wildman–Crippen LogP) is 2.24. The van der Waals surface area contributed by atoms with Gasteiger partial charge in [-0.25, -0.2) is 4.39 Å². The van der Waals surface area contributed by atoms with Gasteiger partial charge in [-0.1, -0.05) is 12.1 Å². The highest BCUT2D eigenvalue weighted by Crippen LogP contribution is 2.36.